The molecule has 1 aromatic carbocycles. The summed E-state index contributed by atoms with van der Waals surface area (Å²) in [5.41, 5.74) is 3.69. The summed E-state index contributed by atoms with van der Waals surface area (Å²) in [6.45, 7) is 4.52. The van der Waals surface area contributed by atoms with Crippen molar-refractivity contribution in [2.45, 2.75) is 26.3 Å². The van der Waals surface area contributed by atoms with Gasteiger partial charge in [-0.2, -0.15) is 0 Å². The highest BCUT2D eigenvalue weighted by Gasteiger charge is 2.25. The number of benzene rings is 1. The van der Waals surface area contributed by atoms with Crippen LogP contribution < -0.4 is 4.90 Å². The zero-order valence-corrected chi connectivity index (χ0v) is 16.9. The van der Waals surface area contributed by atoms with Crippen molar-refractivity contribution in [1.82, 2.24) is 14.8 Å². The Bertz CT molecular complexity index is 836. The van der Waals surface area contributed by atoms with Gasteiger partial charge in [-0.05, 0) is 55.9 Å². The Labute approximate surface area is 166 Å². The van der Waals surface area contributed by atoms with E-state index in [1.54, 1.807) is 12.4 Å². The van der Waals surface area contributed by atoms with Crippen LogP contribution in [-0.2, 0) is 17.8 Å². The van der Waals surface area contributed by atoms with E-state index >= 15 is 0 Å². The number of pyridine rings is 1. The molecule has 0 saturated carbocycles. The molecule has 1 aliphatic rings. The molecule has 0 atom stereocenters. The summed E-state index contributed by atoms with van der Waals surface area (Å²) in [7, 11) is 4.00. The van der Waals surface area contributed by atoms with Gasteiger partial charge in [0.25, 0.3) is 5.91 Å². The highest BCUT2D eigenvalue weighted by atomic mass is 16.2. The summed E-state index contributed by atoms with van der Waals surface area (Å²) >= 11 is 0. The van der Waals surface area contributed by atoms with Crippen LogP contribution in [0.5, 0.6) is 0 Å². The highest BCUT2D eigenvalue weighted by Crippen LogP contribution is 2.30. The Balaban J connectivity index is 1.81. The third-order valence-electron chi connectivity index (χ3n) is 5.03. The summed E-state index contributed by atoms with van der Waals surface area (Å²) in [4.78, 5) is 35.3. The number of likely N-dealkylation sites (N-methyl/N-ethyl adjacent to an activating group) is 1. The average molecular weight is 380 g/mol. The monoisotopic (exact) mass is 380 g/mol. The fourth-order valence-corrected chi connectivity index (χ4v) is 3.45. The first kappa shape index (κ1) is 20.0. The van der Waals surface area contributed by atoms with Gasteiger partial charge in [0.15, 0.2) is 0 Å². The van der Waals surface area contributed by atoms with Crippen molar-refractivity contribution in [2.24, 2.45) is 0 Å². The van der Waals surface area contributed by atoms with Gasteiger partial charge in [-0.1, -0.05) is 13.0 Å². The van der Waals surface area contributed by atoms with E-state index in [9.17, 15) is 9.59 Å². The van der Waals surface area contributed by atoms with Crippen LogP contribution in [0.4, 0.5) is 5.69 Å². The van der Waals surface area contributed by atoms with Crippen LogP contribution in [0.25, 0.3) is 0 Å². The third kappa shape index (κ3) is 4.57. The average Bonchev–Trinajstić information content (AvgIpc) is 3.13. The summed E-state index contributed by atoms with van der Waals surface area (Å²) in [5, 5.41) is 0. The summed E-state index contributed by atoms with van der Waals surface area (Å²) in [6, 6.07) is 9.58. The SMILES string of the molecule is CCC(=O)N1CCc2cc(C(=O)N(CCN(C)C)Cc3cccnc3)ccc21. The molecule has 0 N–H and O–H groups in total. The first-order valence-electron chi connectivity index (χ1n) is 9.75. The molecule has 1 aliphatic heterocycles. The molecule has 1 aromatic heterocycles. The molecule has 0 radical (unpaired) electrons. The molecule has 0 aliphatic carbocycles. The van der Waals surface area contributed by atoms with E-state index in [2.05, 4.69) is 9.88 Å². The van der Waals surface area contributed by atoms with Gasteiger partial charge in [0.05, 0.1) is 0 Å². The van der Waals surface area contributed by atoms with Gasteiger partial charge >= 0.3 is 0 Å². The largest absolute Gasteiger partial charge is 0.333 e. The second kappa shape index (κ2) is 8.97. The Morgan fingerprint density at radius 1 is 1.18 bits per heavy atom. The van der Waals surface area contributed by atoms with Crippen molar-refractivity contribution in [3.8, 4) is 0 Å². The maximum absolute atomic E-state index is 13.2. The van der Waals surface area contributed by atoms with E-state index < -0.39 is 0 Å². The van der Waals surface area contributed by atoms with Crippen molar-refractivity contribution >= 4 is 17.5 Å². The first-order valence-corrected chi connectivity index (χ1v) is 9.75. The number of fused-ring (bicyclic) bond motifs is 1. The zero-order valence-electron chi connectivity index (χ0n) is 16.9. The number of nitrogens with zero attached hydrogens (tertiary/aromatic N) is 4. The Morgan fingerprint density at radius 3 is 2.68 bits per heavy atom. The Morgan fingerprint density at radius 2 is 2.00 bits per heavy atom. The maximum atomic E-state index is 13.2. The summed E-state index contributed by atoms with van der Waals surface area (Å²) in [6.07, 6.45) is 4.82. The van der Waals surface area contributed by atoms with E-state index in [1.165, 1.54) is 0 Å². The number of carbonyl (C=O) groups is 2. The number of carbonyl (C=O) groups excluding carboxylic acids is 2. The number of rotatable bonds is 7. The summed E-state index contributed by atoms with van der Waals surface area (Å²) in [5.74, 6) is 0.135. The lowest BCUT2D eigenvalue weighted by molar-refractivity contribution is -0.118. The molecule has 3 rings (SSSR count). The minimum Gasteiger partial charge on any atom is -0.333 e. The second-order valence-corrected chi connectivity index (χ2v) is 7.38. The van der Waals surface area contributed by atoms with Gasteiger partial charge in [0.1, 0.15) is 0 Å². The molecule has 0 fully saturated rings. The molecule has 148 valence electrons. The Kier molecular flexibility index (Phi) is 6.41. The predicted octanol–water partition coefficient (Wildman–Crippen LogP) is 2.58. The molecule has 6 heteroatoms. The van der Waals surface area contributed by atoms with Crippen molar-refractivity contribution in [3.63, 3.8) is 0 Å². The smallest absolute Gasteiger partial charge is 0.254 e. The van der Waals surface area contributed by atoms with Crippen LogP contribution in [-0.4, -0.2) is 60.3 Å². The molecule has 6 nitrogen and oxygen atoms in total. The predicted molar refractivity (Wildman–Crippen MR) is 110 cm³/mol. The number of hydrogen-bond donors (Lipinski definition) is 0. The second-order valence-electron chi connectivity index (χ2n) is 7.38. The Hall–Kier alpha value is -2.73. The number of anilines is 1. The van der Waals surface area contributed by atoms with Crippen LogP contribution >= 0.6 is 0 Å². The minimum atomic E-state index is 0.00812. The minimum absolute atomic E-state index is 0.00812. The standard InChI is InChI=1S/C22H28N4O2/c1-4-21(27)26-11-9-18-14-19(7-8-20(18)26)22(28)25(13-12-24(2)3)16-17-6-5-10-23-15-17/h5-8,10,14-15H,4,9,11-13,16H2,1-3H3. The van der Waals surface area contributed by atoms with E-state index in [-0.39, 0.29) is 11.8 Å². The summed E-state index contributed by atoms with van der Waals surface area (Å²) < 4.78 is 0. The van der Waals surface area contributed by atoms with Gasteiger partial charge in [-0.25, -0.2) is 0 Å². The normalized spacial score (nSPS) is 12.9. The van der Waals surface area contributed by atoms with E-state index in [0.29, 0.717) is 31.6 Å². The van der Waals surface area contributed by atoms with Crippen molar-refractivity contribution < 1.29 is 9.59 Å². The van der Waals surface area contributed by atoms with Gasteiger partial charge in [0, 0.05) is 56.2 Å². The number of hydrogen-bond acceptors (Lipinski definition) is 4. The molecular weight excluding hydrogens is 352 g/mol. The van der Waals surface area contributed by atoms with Crippen LogP contribution in [0, 0.1) is 0 Å². The molecule has 0 spiro atoms. The lowest BCUT2D eigenvalue weighted by Crippen LogP contribution is -2.36. The molecule has 28 heavy (non-hydrogen) atoms. The molecular formula is C22H28N4O2. The van der Waals surface area contributed by atoms with E-state index in [0.717, 1.165) is 29.8 Å². The molecule has 2 aromatic rings. The van der Waals surface area contributed by atoms with Crippen molar-refractivity contribution in [3.05, 3.63) is 59.4 Å². The highest BCUT2D eigenvalue weighted by molar-refractivity contribution is 5.98. The fourth-order valence-electron chi connectivity index (χ4n) is 3.45. The zero-order chi connectivity index (χ0) is 20.1. The maximum Gasteiger partial charge on any atom is 0.254 e. The van der Waals surface area contributed by atoms with Gasteiger partial charge < -0.3 is 14.7 Å². The van der Waals surface area contributed by atoms with Crippen LogP contribution in [0.2, 0.25) is 0 Å². The van der Waals surface area contributed by atoms with E-state index in [4.69, 9.17) is 0 Å². The third-order valence-corrected chi connectivity index (χ3v) is 5.03. The number of aromatic nitrogens is 1. The quantitative estimate of drug-likeness (QED) is 0.741. The van der Waals surface area contributed by atoms with Crippen LogP contribution in [0.3, 0.4) is 0 Å². The lowest BCUT2D eigenvalue weighted by Gasteiger charge is -2.25. The molecule has 0 bridgehead atoms. The number of amides is 2. The van der Waals surface area contributed by atoms with Gasteiger partial charge in [0.2, 0.25) is 5.91 Å². The topological polar surface area (TPSA) is 56.8 Å². The lowest BCUT2D eigenvalue weighted by atomic mass is 10.1. The molecule has 2 amide bonds. The van der Waals surface area contributed by atoms with Crippen molar-refractivity contribution in [1.29, 1.82) is 0 Å². The van der Waals surface area contributed by atoms with E-state index in [1.807, 2.05) is 61.2 Å². The molecule has 0 unspecified atom stereocenters. The first-order chi connectivity index (χ1) is 13.5. The van der Waals surface area contributed by atoms with Crippen LogP contribution in [0.15, 0.2) is 42.7 Å². The van der Waals surface area contributed by atoms with Crippen LogP contribution in [0.1, 0.15) is 34.8 Å². The molecule has 0 saturated heterocycles. The fraction of sp³-hybridized carbons (Fsp3) is 0.409. The van der Waals surface area contributed by atoms with Gasteiger partial charge in [-0.3, -0.25) is 14.6 Å². The van der Waals surface area contributed by atoms with Crippen molar-refractivity contribution in [2.75, 3.05) is 38.6 Å². The molecule has 2 heterocycles. The van der Waals surface area contributed by atoms with Gasteiger partial charge in [-0.15, -0.1) is 0 Å².